The van der Waals surface area contributed by atoms with Gasteiger partial charge in [-0.05, 0) is 10.9 Å². The molecule has 0 aliphatic carbocycles. The molecule has 1 nitrogen and oxygen atoms in total. The largest absolute Gasteiger partial charge is 0.439 e. The third-order valence-electron chi connectivity index (χ3n) is 4.08. The van der Waals surface area contributed by atoms with Crippen molar-refractivity contribution in [1.29, 1.82) is 0 Å². The minimum atomic E-state index is -1.03. The zero-order valence-corrected chi connectivity index (χ0v) is 13.6. The first kappa shape index (κ1) is 13.5. The highest BCUT2D eigenvalue weighted by atomic mass is 28.3. The van der Waals surface area contributed by atoms with E-state index in [1.165, 1.54) is 12.8 Å². The van der Waals surface area contributed by atoms with Crippen molar-refractivity contribution < 1.29 is 4.65 Å². The summed E-state index contributed by atoms with van der Waals surface area (Å²) in [7, 11) is -0.136. The molecule has 0 radical (unpaired) electrons. The van der Waals surface area contributed by atoms with E-state index in [4.69, 9.17) is 4.65 Å². The predicted molar refractivity (Wildman–Crippen MR) is 76.2 cm³/mol. The Hall–Kier alpha value is 0.459. The molecule has 1 saturated heterocycles. The molecular weight excluding hydrogens is 215 g/mol. The molecule has 0 aromatic carbocycles. The first-order valence-electron chi connectivity index (χ1n) is 6.20. The van der Waals surface area contributed by atoms with Gasteiger partial charge in [0.05, 0.1) is 0 Å². The van der Waals surface area contributed by atoms with Crippen LogP contribution in [0.15, 0.2) is 0 Å². The van der Waals surface area contributed by atoms with Gasteiger partial charge in [-0.3, -0.25) is 0 Å². The Morgan fingerprint density at radius 1 is 0.867 bits per heavy atom. The first-order valence-corrected chi connectivity index (χ1v) is 13.4. The molecule has 2 atom stereocenters. The molecule has 1 heterocycles. The number of hydrogen-bond acceptors (Lipinski definition) is 1. The lowest BCUT2D eigenvalue weighted by Crippen LogP contribution is -2.44. The van der Waals surface area contributed by atoms with E-state index in [0.29, 0.717) is 6.92 Å². The van der Waals surface area contributed by atoms with E-state index in [9.17, 15) is 0 Å². The Morgan fingerprint density at radius 3 is 1.40 bits per heavy atom. The van der Waals surface area contributed by atoms with Crippen LogP contribution < -0.4 is 0 Å². The fourth-order valence-electron chi connectivity index (χ4n) is 3.15. The zero-order chi connectivity index (χ0) is 11.9. The van der Waals surface area contributed by atoms with E-state index in [1.54, 1.807) is 0 Å². The van der Waals surface area contributed by atoms with Gasteiger partial charge in [-0.15, -0.1) is 0 Å². The Kier molecular flexibility index (Phi) is 3.95. The summed E-state index contributed by atoms with van der Waals surface area (Å²) in [5, 5.41) is 0. The normalized spacial score (nSPS) is 28.6. The fraction of sp³-hybridized carbons (Fsp3) is 1.00. The summed E-state index contributed by atoms with van der Waals surface area (Å²) in [6, 6.07) is 0. The number of rotatable bonds is 3. The summed E-state index contributed by atoms with van der Waals surface area (Å²) in [5.74, 6) is 0. The SMILES string of the molecule is COB1[C@H]([Si](C)(C)C)CC[C@H]1[Si](C)(C)C. The van der Waals surface area contributed by atoms with E-state index in [-0.39, 0.29) is 0 Å². The minimum absolute atomic E-state index is 0.573. The molecule has 0 N–H and O–H groups in total. The molecule has 0 amide bonds. The van der Waals surface area contributed by atoms with Crippen molar-refractivity contribution in [1.82, 2.24) is 0 Å². The van der Waals surface area contributed by atoms with Crippen LogP contribution in [0.2, 0.25) is 50.2 Å². The standard InChI is InChI=1S/C11H27BOSi2/c1-13-12-10(14(2,3)4)8-9-11(12)15(5,6)7/h10-11H,8-9H2,1-7H3/t10-,11-/m1/s1. The molecule has 0 spiro atoms. The molecule has 0 bridgehead atoms. The summed E-state index contributed by atoms with van der Waals surface area (Å²) in [6.07, 6.45) is 2.84. The summed E-state index contributed by atoms with van der Waals surface area (Å²) >= 11 is 0. The molecule has 15 heavy (non-hydrogen) atoms. The summed E-state index contributed by atoms with van der Waals surface area (Å²) in [5.41, 5.74) is 1.78. The second-order valence-corrected chi connectivity index (χ2v) is 18.2. The maximum atomic E-state index is 5.86. The van der Waals surface area contributed by atoms with Crippen LogP contribution >= 0.6 is 0 Å². The van der Waals surface area contributed by atoms with Crippen LogP contribution in [0.25, 0.3) is 0 Å². The predicted octanol–water partition coefficient (Wildman–Crippen LogP) is 3.91. The molecular formula is C11H27BOSi2. The smallest absolute Gasteiger partial charge is 0.293 e. The minimum Gasteiger partial charge on any atom is -0.439 e. The zero-order valence-electron chi connectivity index (χ0n) is 11.6. The van der Waals surface area contributed by atoms with Gasteiger partial charge in [0.15, 0.2) is 0 Å². The lowest BCUT2D eigenvalue weighted by Gasteiger charge is -2.33. The monoisotopic (exact) mass is 242 g/mol. The van der Waals surface area contributed by atoms with Crippen molar-refractivity contribution in [2.24, 2.45) is 0 Å². The Morgan fingerprint density at radius 2 is 1.20 bits per heavy atom. The maximum absolute atomic E-state index is 5.86. The van der Waals surface area contributed by atoms with Crippen LogP contribution in [0.5, 0.6) is 0 Å². The van der Waals surface area contributed by atoms with Crippen molar-refractivity contribution in [3.05, 3.63) is 0 Å². The second-order valence-electron chi connectivity index (χ2n) is 7.22. The molecule has 1 fully saturated rings. The van der Waals surface area contributed by atoms with Crippen LogP contribution in [0.3, 0.4) is 0 Å². The highest BCUT2D eigenvalue weighted by Gasteiger charge is 2.50. The van der Waals surface area contributed by atoms with Crippen molar-refractivity contribution in [2.75, 3.05) is 7.11 Å². The van der Waals surface area contributed by atoms with Gasteiger partial charge in [0, 0.05) is 23.3 Å². The fourth-order valence-corrected chi connectivity index (χ4v) is 8.11. The second kappa shape index (κ2) is 4.38. The average molecular weight is 242 g/mol. The van der Waals surface area contributed by atoms with Gasteiger partial charge < -0.3 is 4.65 Å². The maximum Gasteiger partial charge on any atom is 0.293 e. The van der Waals surface area contributed by atoms with Gasteiger partial charge in [-0.2, -0.15) is 0 Å². The van der Waals surface area contributed by atoms with Gasteiger partial charge in [-0.1, -0.05) is 52.1 Å². The van der Waals surface area contributed by atoms with Crippen molar-refractivity contribution in [3.63, 3.8) is 0 Å². The Balaban J connectivity index is 2.83. The third-order valence-corrected chi connectivity index (χ3v) is 9.76. The average Bonchev–Trinajstić information content (AvgIpc) is 2.43. The molecule has 1 rings (SSSR count). The van der Waals surface area contributed by atoms with E-state index in [0.717, 1.165) is 10.9 Å². The molecule has 4 heteroatoms. The molecule has 0 aromatic rings. The molecule has 1 aliphatic heterocycles. The number of hydrogen-bond donors (Lipinski definition) is 0. The summed E-state index contributed by atoms with van der Waals surface area (Å²) in [4.78, 5) is 0. The van der Waals surface area contributed by atoms with E-state index >= 15 is 0 Å². The van der Waals surface area contributed by atoms with Crippen LogP contribution in [-0.2, 0) is 4.65 Å². The van der Waals surface area contributed by atoms with Crippen molar-refractivity contribution in [2.45, 2.75) is 63.0 Å². The third kappa shape index (κ3) is 2.98. The molecule has 0 unspecified atom stereocenters. The quantitative estimate of drug-likeness (QED) is 0.682. The van der Waals surface area contributed by atoms with Gasteiger partial charge in [0.1, 0.15) is 0 Å². The highest BCUT2D eigenvalue weighted by Crippen LogP contribution is 2.48. The van der Waals surface area contributed by atoms with Crippen LogP contribution in [0.4, 0.5) is 0 Å². The lowest BCUT2D eigenvalue weighted by atomic mass is 9.65. The topological polar surface area (TPSA) is 9.23 Å². The molecule has 1 aliphatic rings. The van der Waals surface area contributed by atoms with Crippen molar-refractivity contribution in [3.8, 4) is 0 Å². The lowest BCUT2D eigenvalue weighted by molar-refractivity contribution is 0.417. The molecule has 0 aromatic heterocycles. The van der Waals surface area contributed by atoms with Gasteiger partial charge >= 0.3 is 0 Å². The van der Waals surface area contributed by atoms with Gasteiger partial charge in [0.2, 0.25) is 0 Å². The summed E-state index contributed by atoms with van der Waals surface area (Å²) in [6.45, 7) is 15.6. The Labute approximate surface area is 98.1 Å². The summed E-state index contributed by atoms with van der Waals surface area (Å²) < 4.78 is 5.86. The van der Waals surface area contributed by atoms with Crippen LogP contribution in [0, 0.1) is 0 Å². The Bertz CT molecular complexity index is 198. The van der Waals surface area contributed by atoms with E-state index in [2.05, 4.69) is 39.3 Å². The van der Waals surface area contributed by atoms with Gasteiger partial charge in [0.25, 0.3) is 6.92 Å². The first-order chi connectivity index (χ1) is 6.68. The van der Waals surface area contributed by atoms with E-state index in [1.807, 2.05) is 7.11 Å². The highest BCUT2D eigenvalue weighted by molar-refractivity contribution is 6.96. The van der Waals surface area contributed by atoms with E-state index < -0.39 is 16.1 Å². The molecule has 0 saturated carbocycles. The van der Waals surface area contributed by atoms with Crippen LogP contribution in [-0.4, -0.2) is 30.2 Å². The van der Waals surface area contributed by atoms with Crippen LogP contribution in [0.1, 0.15) is 12.8 Å². The van der Waals surface area contributed by atoms with Gasteiger partial charge in [-0.25, -0.2) is 0 Å². The van der Waals surface area contributed by atoms with Crippen molar-refractivity contribution >= 4 is 23.1 Å². The molecule has 88 valence electrons.